The highest BCUT2D eigenvalue weighted by Crippen LogP contribution is 2.38. The van der Waals surface area contributed by atoms with Gasteiger partial charge in [0.05, 0.1) is 7.11 Å². The van der Waals surface area contributed by atoms with Crippen LogP contribution in [0, 0.1) is 0 Å². The van der Waals surface area contributed by atoms with E-state index in [2.05, 4.69) is 26.9 Å². The second kappa shape index (κ2) is 6.55. The zero-order valence-electron chi connectivity index (χ0n) is 10.7. The molecule has 1 unspecified atom stereocenters. The number of ether oxygens (including phenoxy) is 1. The first-order valence-electron chi connectivity index (χ1n) is 6.44. The Labute approximate surface area is 117 Å². The molecule has 100 valence electrons. The molecule has 1 atom stereocenters. The number of aliphatic hydroxyl groups excluding tert-OH is 1. The van der Waals surface area contributed by atoms with Crippen LogP contribution in [0.5, 0.6) is 5.75 Å². The molecular weight excluding hydrogens is 294 g/mol. The van der Waals surface area contributed by atoms with Gasteiger partial charge in [-0.2, -0.15) is 0 Å². The Morgan fingerprint density at radius 1 is 1.50 bits per heavy atom. The van der Waals surface area contributed by atoms with Crippen LogP contribution < -0.4 is 4.74 Å². The van der Waals surface area contributed by atoms with Gasteiger partial charge < -0.3 is 9.84 Å². The van der Waals surface area contributed by atoms with Crippen molar-refractivity contribution < 1.29 is 9.84 Å². The van der Waals surface area contributed by atoms with Gasteiger partial charge in [-0.3, -0.25) is 4.90 Å². The van der Waals surface area contributed by atoms with Gasteiger partial charge in [0.15, 0.2) is 0 Å². The number of likely N-dealkylation sites (tertiary alicyclic amines) is 1. The molecule has 1 saturated heterocycles. The SMILES string of the molecule is COc1ccc(Br)cc1C1CCCN1CCCO. The lowest BCUT2D eigenvalue weighted by molar-refractivity contribution is 0.211. The van der Waals surface area contributed by atoms with Gasteiger partial charge in [-0.1, -0.05) is 15.9 Å². The normalized spacial score (nSPS) is 20.3. The lowest BCUT2D eigenvalue weighted by atomic mass is 10.0. The third-order valence-corrected chi connectivity index (χ3v) is 4.01. The van der Waals surface area contributed by atoms with Gasteiger partial charge in [-0.05, 0) is 44.0 Å². The van der Waals surface area contributed by atoms with Gasteiger partial charge in [0.2, 0.25) is 0 Å². The molecule has 0 spiro atoms. The third kappa shape index (κ3) is 3.05. The fraction of sp³-hybridized carbons (Fsp3) is 0.571. The summed E-state index contributed by atoms with van der Waals surface area (Å²) in [4.78, 5) is 2.44. The van der Waals surface area contributed by atoms with Gasteiger partial charge in [0.25, 0.3) is 0 Å². The van der Waals surface area contributed by atoms with Crippen LogP contribution in [0.3, 0.4) is 0 Å². The smallest absolute Gasteiger partial charge is 0.123 e. The molecule has 1 aromatic carbocycles. The average Bonchev–Trinajstić information content (AvgIpc) is 2.84. The number of methoxy groups -OCH3 is 1. The third-order valence-electron chi connectivity index (χ3n) is 3.52. The largest absolute Gasteiger partial charge is 0.496 e. The summed E-state index contributed by atoms with van der Waals surface area (Å²) in [5.41, 5.74) is 1.25. The molecule has 1 heterocycles. The van der Waals surface area contributed by atoms with Crippen molar-refractivity contribution in [1.29, 1.82) is 0 Å². The summed E-state index contributed by atoms with van der Waals surface area (Å²) in [6, 6.07) is 6.60. The first-order valence-corrected chi connectivity index (χ1v) is 7.24. The molecule has 0 saturated carbocycles. The molecule has 18 heavy (non-hydrogen) atoms. The zero-order valence-corrected chi connectivity index (χ0v) is 12.3. The van der Waals surface area contributed by atoms with Crippen LogP contribution in [-0.4, -0.2) is 36.8 Å². The number of nitrogens with zero attached hydrogens (tertiary/aromatic N) is 1. The van der Waals surface area contributed by atoms with E-state index in [0.717, 1.165) is 36.2 Å². The minimum atomic E-state index is 0.263. The Bertz CT molecular complexity index is 397. The van der Waals surface area contributed by atoms with E-state index < -0.39 is 0 Å². The first kappa shape index (κ1) is 13.8. The first-order chi connectivity index (χ1) is 8.76. The standard InChI is InChI=1S/C14H20BrNO2/c1-18-14-6-5-11(15)10-12(14)13-4-2-7-16(13)8-3-9-17/h5-6,10,13,17H,2-4,7-9H2,1H3. The van der Waals surface area contributed by atoms with Crippen LogP contribution in [0.4, 0.5) is 0 Å². The fourth-order valence-corrected chi connectivity index (χ4v) is 3.06. The maximum Gasteiger partial charge on any atom is 0.123 e. The van der Waals surface area contributed by atoms with Gasteiger partial charge in [-0.15, -0.1) is 0 Å². The average molecular weight is 314 g/mol. The fourth-order valence-electron chi connectivity index (χ4n) is 2.69. The lowest BCUT2D eigenvalue weighted by Gasteiger charge is -2.26. The molecule has 4 heteroatoms. The van der Waals surface area contributed by atoms with E-state index in [1.54, 1.807) is 7.11 Å². The van der Waals surface area contributed by atoms with Crippen LogP contribution in [0.2, 0.25) is 0 Å². The van der Waals surface area contributed by atoms with Gasteiger partial charge in [0.1, 0.15) is 5.75 Å². The number of halogens is 1. The molecule has 1 N–H and O–H groups in total. The van der Waals surface area contributed by atoms with Crippen LogP contribution in [-0.2, 0) is 0 Å². The van der Waals surface area contributed by atoms with E-state index in [0.29, 0.717) is 6.04 Å². The number of rotatable bonds is 5. The van der Waals surface area contributed by atoms with Crippen LogP contribution in [0.25, 0.3) is 0 Å². The minimum absolute atomic E-state index is 0.263. The maximum absolute atomic E-state index is 8.97. The molecule has 0 aromatic heterocycles. The second-order valence-electron chi connectivity index (χ2n) is 4.66. The monoisotopic (exact) mass is 313 g/mol. The highest BCUT2D eigenvalue weighted by atomic mass is 79.9. The maximum atomic E-state index is 8.97. The molecule has 1 aliphatic rings. The molecule has 1 aliphatic heterocycles. The van der Waals surface area contributed by atoms with E-state index >= 15 is 0 Å². The summed E-state index contributed by atoms with van der Waals surface area (Å²) in [6.45, 7) is 2.33. The Morgan fingerprint density at radius 2 is 2.33 bits per heavy atom. The number of hydrogen-bond donors (Lipinski definition) is 1. The Hall–Kier alpha value is -0.580. The zero-order chi connectivity index (χ0) is 13.0. The van der Waals surface area contributed by atoms with Crippen molar-refractivity contribution in [1.82, 2.24) is 4.90 Å². The lowest BCUT2D eigenvalue weighted by Crippen LogP contribution is -2.25. The van der Waals surface area contributed by atoms with Crippen molar-refractivity contribution in [3.8, 4) is 5.75 Å². The van der Waals surface area contributed by atoms with Crippen molar-refractivity contribution in [3.05, 3.63) is 28.2 Å². The topological polar surface area (TPSA) is 32.7 Å². The Balaban J connectivity index is 2.20. The molecule has 0 amide bonds. The molecule has 1 aromatic rings. The van der Waals surface area contributed by atoms with Crippen molar-refractivity contribution in [3.63, 3.8) is 0 Å². The van der Waals surface area contributed by atoms with Crippen molar-refractivity contribution in [2.45, 2.75) is 25.3 Å². The van der Waals surface area contributed by atoms with E-state index in [1.165, 1.54) is 12.0 Å². The second-order valence-corrected chi connectivity index (χ2v) is 5.57. The van der Waals surface area contributed by atoms with Gasteiger partial charge in [0, 0.05) is 29.2 Å². The molecule has 0 bridgehead atoms. The van der Waals surface area contributed by atoms with Crippen molar-refractivity contribution >= 4 is 15.9 Å². The van der Waals surface area contributed by atoms with Crippen LogP contribution >= 0.6 is 15.9 Å². The van der Waals surface area contributed by atoms with E-state index in [4.69, 9.17) is 9.84 Å². The Kier molecular flexibility index (Phi) is 5.03. The van der Waals surface area contributed by atoms with Crippen molar-refractivity contribution in [2.24, 2.45) is 0 Å². The van der Waals surface area contributed by atoms with E-state index in [-0.39, 0.29) is 6.61 Å². The summed E-state index contributed by atoms with van der Waals surface area (Å²) in [5, 5.41) is 8.97. The molecule has 1 fully saturated rings. The Morgan fingerprint density at radius 3 is 3.06 bits per heavy atom. The summed E-state index contributed by atoms with van der Waals surface area (Å²) in [7, 11) is 1.72. The predicted molar refractivity (Wildman–Crippen MR) is 75.9 cm³/mol. The summed E-state index contributed by atoms with van der Waals surface area (Å²) >= 11 is 3.53. The molecule has 0 radical (unpaired) electrons. The van der Waals surface area contributed by atoms with Crippen LogP contribution in [0.1, 0.15) is 30.9 Å². The van der Waals surface area contributed by atoms with E-state index in [9.17, 15) is 0 Å². The summed E-state index contributed by atoms with van der Waals surface area (Å²) < 4.78 is 6.56. The van der Waals surface area contributed by atoms with E-state index in [1.807, 2.05) is 12.1 Å². The molecule has 0 aliphatic carbocycles. The summed E-state index contributed by atoms with van der Waals surface area (Å²) in [5.74, 6) is 0.957. The van der Waals surface area contributed by atoms with Crippen LogP contribution in [0.15, 0.2) is 22.7 Å². The summed E-state index contributed by atoms with van der Waals surface area (Å²) in [6.07, 6.45) is 3.22. The van der Waals surface area contributed by atoms with Gasteiger partial charge >= 0.3 is 0 Å². The molecular formula is C14H20BrNO2. The number of hydrogen-bond acceptors (Lipinski definition) is 3. The quantitative estimate of drug-likeness (QED) is 0.907. The number of benzene rings is 1. The molecule has 3 nitrogen and oxygen atoms in total. The highest BCUT2D eigenvalue weighted by Gasteiger charge is 2.27. The minimum Gasteiger partial charge on any atom is -0.496 e. The van der Waals surface area contributed by atoms with Crippen molar-refractivity contribution in [2.75, 3.05) is 26.8 Å². The number of aliphatic hydroxyl groups is 1. The molecule has 2 rings (SSSR count). The predicted octanol–water partition coefficient (Wildman–Crippen LogP) is 2.98. The van der Waals surface area contributed by atoms with Gasteiger partial charge in [-0.25, -0.2) is 0 Å². The highest BCUT2D eigenvalue weighted by molar-refractivity contribution is 9.10.